The first-order valence-corrected chi connectivity index (χ1v) is 6.79. The van der Waals surface area contributed by atoms with Crippen molar-refractivity contribution < 1.29 is 19.1 Å². The molecule has 1 saturated carbocycles. The van der Waals surface area contributed by atoms with Gasteiger partial charge in [0.25, 0.3) is 0 Å². The van der Waals surface area contributed by atoms with Crippen molar-refractivity contribution in [2.75, 3.05) is 0 Å². The van der Waals surface area contributed by atoms with Crippen LogP contribution in [0.25, 0.3) is 0 Å². The number of hydrogen-bond donors (Lipinski definition) is 0. The Bertz CT molecular complexity index is 498. The topological polar surface area (TPSA) is 52.6 Å². The molecule has 5 heteroatoms. The summed E-state index contributed by atoms with van der Waals surface area (Å²) in [7, 11) is 0. The monoisotopic (exact) mass is 282 g/mol. The minimum Gasteiger partial charge on any atom is -0.456 e. The quantitative estimate of drug-likeness (QED) is 0.336. The summed E-state index contributed by atoms with van der Waals surface area (Å²) in [5.74, 6) is -1.06. The van der Waals surface area contributed by atoms with Crippen LogP contribution in [0.3, 0.4) is 0 Å². The first-order chi connectivity index (χ1) is 8.99. The van der Waals surface area contributed by atoms with Crippen molar-refractivity contribution in [2.45, 2.75) is 30.9 Å². The lowest BCUT2D eigenvalue weighted by molar-refractivity contribution is -0.161. The fourth-order valence-electron chi connectivity index (χ4n) is 3.50. The van der Waals surface area contributed by atoms with Gasteiger partial charge >= 0.3 is 11.9 Å². The number of hydrogen-bond acceptors (Lipinski definition) is 4. The molecule has 4 bridgehead atoms. The summed E-state index contributed by atoms with van der Waals surface area (Å²) in [5, 5.41) is 0. The molecule has 0 aromatic carbocycles. The molecule has 0 aromatic rings. The Labute approximate surface area is 116 Å². The Hall–Kier alpha value is -1.29. The van der Waals surface area contributed by atoms with Crippen molar-refractivity contribution in [3.63, 3.8) is 0 Å². The molecule has 1 saturated heterocycles. The van der Waals surface area contributed by atoms with Gasteiger partial charge in [0.05, 0.1) is 5.92 Å². The Balaban J connectivity index is 1.94. The van der Waals surface area contributed by atoms with E-state index in [0.29, 0.717) is 0 Å². The second kappa shape index (κ2) is 4.10. The molecule has 19 heavy (non-hydrogen) atoms. The fraction of sp³-hybridized carbons (Fsp3) is 0.571. The van der Waals surface area contributed by atoms with E-state index in [1.54, 1.807) is 13.0 Å². The van der Waals surface area contributed by atoms with E-state index in [9.17, 15) is 9.59 Å². The molecule has 0 aromatic heterocycles. The first kappa shape index (κ1) is 12.7. The van der Waals surface area contributed by atoms with Crippen LogP contribution in [0, 0.1) is 17.8 Å². The molecule has 0 amide bonds. The molecule has 3 aliphatic carbocycles. The summed E-state index contributed by atoms with van der Waals surface area (Å²) in [6.45, 7) is 3.70. The van der Waals surface area contributed by atoms with Crippen molar-refractivity contribution in [1.82, 2.24) is 0 Å². The number of carbonyl (C=O) groups is 2. The summed E-state index contributed by atoms with van der Waals surface area (Å²) in [6, 6.07) is 0. The highest BCUT2D eigenvalue weighted by molar-refractivity contribution is 6.28. The fourth-order valence-corrected chi connectivity index (χ4v) is 4.03. The van der Waals surface area contributed by atoms with Crippen LogP contribution in [0.4, 0.5) is 0 Å². The van der Waals surface area contributed by atoms with Gasteiger partial charge in [-0.25, -0.2) is 4.79 Å². The molecule has 4 nitrogen and oxygen atoms in total. The number of rotatable bonds is 2. The van der Waals surface area contributed by atoms with Crippen molar-refractivity contribution in [1.29, 1.82) is 0 Å². The maximum absolute atomic E-state index is 11.9. The van der Waals surface area contributed by atoms with E-state index in [0.717, 1.165) is 0 Å². The summed E-state index contributed by atoms with van der Waals surface area (Å²) in [4.78, 5) is 22.7. The van der Waals surface area contributed by atoms with E-state index in [1.807, 2.05) is 19.1 Å². The average molecular weight is 283 g/mol. The Morgan fingerprint density at radius 3 is 3.00 bits per heavy atom. The maximum Gasteiger partial charge on any atom is 0.330 e. The van der Waals surface area contributed by atoms with E-state index in [-0.39, 0.29) is 23.7 Å². The van der Waals surface area contributed by atoms with E-state index in [2.05, 4.69) is 0 Å². The zero-order chi connectivity index (χ0) is 13.8. The van der Waals surface area contributed by atoms with Gasteiger partial charge in [0.15, 0.2) is 6.10 Å². The first-order valence-electron chi connectivity index (χ1n) is 6.41. The third kappa shape index (κ3) is 1.59. The van der Waals surface area contributed by atoms with Crippen molar-refractivity contribution in [2.24, 2.45) is 17.8 Å². The second-order valence-corrected chi connectivity index (χ2v) is 6.01. The van der Waals surface area contributed by atoms with Crippen LogP contribution in [0.1, 0.15) is 13.8 Å². The third-order valence-corrected chi connectivity index (χ3v) is 4.93. The Kier molecular flexibility index (Phi) is 2.75. The van der Waals surface area contributed by atoms with Crippen LogP contribution in [0.2, 0.25) is 0 Å². The van der Waals surface area contributed by atoms with Crippen LogP contribution >= 0.6 is 11.6 Å². The van der Waals surface area contributed by atoms with Crippen LogP contribution < -0.4 is 0 Å². The normalized spacial score (nSPS) is 46.7. The Morgan fingerprint density at radius 1 is 1.58 bits per heavy atom. The van der Waals surface area contributed by atoms with E-state index in [1.165, 1.54) is 6.08 Å². The molecule has 4 rings (SSSR count). The van der Waals surface area contributed by atoms with Crippen molar-refractivity contribution in [3.05, 3.63) is 24.3 Å². The molecular formula is C14H15ClO4. The van der Waals surface area contributed by atoms with Gasteiger partial charge in [0.2, 0.25) is 0 Å². The summed E-state index contributed by atoms with van der Waals surface area (Å²) >= 11 is 6.56. The van der Waals surface area contributed by atoms with Gasteiger partial charge in [-0.1, -0.05) is 25.2 Å². The predicted molar refractivity (Wildman–Crippen MR) is 68.4 cm³/mol. The highest BCUT2D eigenvalue weighted by Crippen LogP contribution is 2.57. The molecule has 102 valence electrons. The minimum absolute atomic E-state index is 0.0113. The number of alkyl halides is 1. The number of esters is 2. The smallest absolute Gasteiger partial charge is 0.330 e. The molecular weight excluding hydrogens is 268 g/mol. The molecule has 2 fully saturated rings. The average Bonchev–Trinajstić information content (AvgIpc) is 2.55. The van der Waals surface area contributed by atoms with E-state index in [4.69, 9.17) is 21.1 Å². The second-order valence-electron chi connectivity index (χ2n) is 5.36. The molecule has 0 unspecified atom stereocenters. The van der Waals surface area contributed by atoms with E-state index >= 15 is 0 Å². The lowest BCUT2D eigenvalue weighted by Gasteiger charge is -2.48. The largest absolute Gasteiger partial charge is 0.456 e. The molecule has 6 atom stereocenters. The van der Waals surface area contributed by atoms with Gasteiger partial charge in [-0.05, 0) is 12.8 Å². The van der Waals surface area contributed by atoms with Crippen LogP contribution in [-0.4, -0.2) is 29.0 Å². The highest BCUT2D eigenvalue weighted by Gasteiger charge is 2.68. The van der Waals surface area contributed by atoms with Gasteiger partial charge in [0.1, 0.15) is 11.0 Å². The molecule has 4 aliphatic rings. The Morgan fingerprint density at radius 2 is 2.32 bits per heavy atom. The number of halogens is 1. The third-order valence-electron chi connectivity index (χ3n) is 4.35. The number of carbonyl (C=O) groups excluding carboxylic acids is 2. The lowest BCUT2D eigenvalue weighted by Crippen LogP contribution is -2.59. The molecule has 0 N–H and O–H groups in total. The maximum atomic E-state index is 11.9. The number of allylic oxidation sites excluding steroid dienone is 1. The van der Waals surface area contributed by atoms with Crippen LogP contribution in [-0.2, 0) is 19.1 Å². The highest BCUT2D eigenvalue weighted by atomic mass is 35.5. The molecule has 0 spiro atoms. The van der Waals surface area contributed by atoms with Gasteiger partial charge < -0.3 is 9.47 Å². The summed E-state index contributed by atoms with van der Waals surface area (Å²) < 4.78 is 10.8. The van der Waals surface area contributed by atoms with Gasteiger partial charge in [-0.3, -0.25) is 4.79 Å². The lowest BCUT2D eigenvalue weighted by atomic mass is 9.61. The van der Waals surface area contributed by atoms with Crippen LogP contribution in [0.5, 0.6) is 0 Å². The van der Waals surface area contributed by atoms with Crippen molar-refractivity contribution >= 4 is 23.5 Å². The molecule has 1 heterocycles. The summed E-state index contributed by atoms with van der Waals surface area (Å²) in [6.07, 6.45) is 5.67. The molecule has 0 radical (unpaired) electrons. The van der Waals surface area contributed by atoms with E-state index < -0.39 is 23.1 Å². The zero-order valence-corrected chi connectivity index (χ0v) is 11.5. The SMILES string of the molecule is C/C=C/C(=O)O[C@H]1[C@H]2C=C[C@@]3(Cl)[C@H](C(=O)O[C@@H]13)[C@H]2C. The summed E-state index contributed by atoms with van der Waals surface area (Å²) in [5.41, 5.74) is 0. The number of ether oxygens (including phenoxy) is 2. The van der Waals surface area contributed by atoms with Gasteiger partial charge in [0, 0.05) is 12.0 Å². The van der Waals surface area contributed by atoms with Gasteiger partial charge in [-0.15, -0.1) is 11.6 Å². The minimum atomic E-state index is -0.869. The zero-order valence-electron chi connectivity index (χ0n) is 10.7. The van der Waals surface area contributed by atoms with Gasteiger partial charge in [-0.2, -0.15) is 0 Å². The molecule has 1 aliphatic heterocycles. The van der Waals surface area contributed by atoms with Crippen LogP contribution in [0.15, 0.2) is 24.3 Å². The predicted octanol–water partition coefficient (Wildman–Crippen LogP) is 1.83. The standard InChI is InChI=1S/C14H15ClO4/c1-3-4-9(16)18-11-8-5-6-14(15)10(7(8)2)13(17)19-12(11)14/h3-8,10-12H,1-2H3/b4-3+/t7-,8-,10-,11-,12-,14+/m0/s1. The van der Waals surface area contributed by atoms with Crippen molar-refractivity contribution in [3.8, 4) is 0 Å².